The monoisotopic (exact) mass is 462 g/mol. The number of oxazole rings is 1. The minimum atomic E-state index is -3.52. The molecule has 33 heavy (non-hydrogen) atoms. The molecule has 8 heteroatoms. The van der Waals surface area contributed by atoms with E-state index in [2.05, 4.69) is 30.1 Å². The van der Waals surface area contributed by atoms with E-state index in [0.717, 1.165) is 25.8 Å². The Kier molecular flexibility index (Phi) is 5.69. The summed E-state index contributed by atoms with van der Waals surface area (Å²) in [6, 6.07) is 17.0. The van der Waals surface area contributed by atoms with E-state index in [4.69, 9.17) is 4.42 Å². The smallest absolute Gasteiger partial charge is 0.243 e. The third-order valence-electron chi connectivity index (χ3n) is 6.61. The summed E-state index contributed by atoms with van der Waals surface area (Å²) in [7, 11) is -3.52. The minimum Gasteiger partial charge on any atom is -0.419 e. The zero-order chi connectivity index (χ0) is 23.0. The summed E-state index contributed by atoms with van der Waals surface area (Å²) >= 11 is 0. The van der Waals surface area contributed by atoms with Crippen molar-refractivity contribution in [3.63, 3.8) is 0 Å². The van der Waals surface area contributed by atoms with E-state index in [1.165, 1.54) is 11.1 Å². The highest BCUT2D eigenvalue weighted by molar-refractivity contribution is 7.89. The van der Waals surface area contributed by atoms with Gasteiger partial charge in [-0.1, -0.05) is 31.2 Å². The van der Waals surface area contributed by atoms with E-state index in [-0.39, 0.29) is 10.6 Å². The quantitative estimate of drug-likeness (QED) is 0.577. The lowest BCUT2D eigenvalue weighted by atomic mass is 10.00. The molecule has 1 saturated heterocycles. The van der Waals surface area contributed by atoms with Crippen LogP contribution in [-0.4, -0.2) is 37.3 Å². The van der Waals surface area contributed by atoms with Gasteiger partial charge in [-0.3, -0.25) is 0 Å². The first-order chi connectivity index (χ1) is 16.0. The number of fused-ring (bicyclic) bond motifs is 1. The van der Waals surface area contributed by atoms with Crippen molar-refractivity contribution in [3.8, 4) is 17.5 Å². The number of nitrogens with zero attached hydrogens (tertiary/aromatic N) is 4. The Morgan fingerprint density at radius 3 is 2.42 bits per heavy atom. The second-order valence-electron chi connectivity index (χ2n) is 8.84. The second kappa shape index (κ2) is 8.65. The molecule has 1 aromatic heterocycles. The molecule has 2 aliphatic heterocycles. The highest BCUT2D eigenvalue weighted by atomic mass is 32.2. The van der Waals surface area contributed by atoms with Gasteiger partial charge in [-0.2, -0.15) is 14.6 Å². The first kappa shape index (κ1) is 21.7. The molecule has 5 rings (SSSR count). The summed E-state index contributed by atoms with van der Waals surface area (Å²) in [5, 5.41) is 9.63. The number of hydrogen-bond donors (Lipinski definition) is 0. The Bertz CT molecular complexity index is 1300. The fraction of sp³-hybridized carbons (Fsp3) is 0.360. The van der Waals surface area contributed by atoms with Crippen LogP contribution in [0, 0.1) is 17.2 Å². The molecule has 2 aromatic carbocycles. The van der Waals surface area contributed by atoms with Crippen LogP contribution in [0.3, 0.4) is 0 Å². The number of hydrogen-bond acceptors (Lipinski definition) is 6. The van der Waals surface area contributed by atoms with Crippen LogP contribution in [0.15, 0.2) is 57.8 Å². The van der Waals surface area contributed by atoms with Gasteiger partial charge in [-0.05, 0) is 60.6 Å². The highest BCUT2D eigenvalue weighted by Gasteiger charge is 2.28. The van der Waals surface area contributed by atoms with E-state index in [1.54, 1.807) is 28.6 Å². The second-order valence-corrected chi connectivity index (χ2v) is 10.8. The average Bonchev–Trinajstić information content (AvgIpc) is 3.29. The lowest BCUT2D eigenvalue weighted by Crippen LogP contribution is -2.37. The standard InChI is InChI=1S/C25H26N4O3S/c1-18-10-14-29(15-11-18)33(30,31)22-8-6-20(7-9-22)24-27-23(16-26)25(32-24)28-13-12-19-4-2-3-5-21(19)17-28/h2-9,18H,10-15,17H2,1H3. The minimum absolute atomic E-state index is 0.239. The Balaban J connectivity index is 1.38. The van der Waals surface area contributed by atoms with Crippen molar-refractivity contribution in [1.29, 1.82) is 5.26 Å². The molecule has 1 fully saturated rings. The number of anilines is 1. The normalized spacial score (nSPS) is 17.5. The van der Waals surface area contributed by atoms with Crippen LogP contribution in [0.5, 0.6) is 0 Å². The predicted octanol–water partition coefficient (Wildman–Crippen LogP) is 4.20. The van der Waals surface area contributed by atoms with Gasteiger partial charge in [0.15, 0.2) is 0 Å². The Labute approximate surface area is 194 Å². The van der Waals surface area contributed by atoms with Gasteiger partial charge < -0.3 is 9.32 Å². The third-order valence-corrected chi connectivity index (χ3v) is 8.53. The molecule has 0 N–H and O–H groups in total. The summed E-state index contributed by atoms with van der Waals surface area (Å²) < 4.78 is 33.6. The van der Waals surface area contributed by atoms with Crippen molar-refractivity contribution in [2.75, 3.05) is 24.5 Å². The maximum atomic E-state index is 13.0. The molecule has 3 heterocycles. The number of sulfonamides is 1. The van der Waals surface area contributed by atoms with Gasteiger partial charge in [-0.15, -0.1) is 0 Å². The van der Waals surface area contributed by atoms with Crippen LogP contribution in [0.2, 0.25) is 0 Å². The van der Waals surface area contributed by atoms with Crippen molar-refractivity contribution in [3.05, 3.63) is 65.4 Å². The van der Waals surface area contributed by atoms with Crippen LogP contribution in [0.25, 0.3) is 11.5 Å². The molecule has 2 aliphatic rings. The van der Waals surface area contributed by atoms with Crippen LogP contribution < -0.4 is 4.90 Å². The zero-order valence-electron chi connectivity index (χ0n) is 18.6. The Hall–Kier alpha value is -3.15. The van der Waals surface area contributed by atoms with Crippen LogP contribution in [0.4, 0.5) is 5.88 Å². The Morgan fingerprint density at radius 2 is 1.73 bits per heavy atom. The van der Waals surface area contributed by atoms with Crippen molar-refractivity contribution in [2.45, 2.75) is 37.6 Å². The lowest BCUT2D eigenvalue weighted by Gasteiger charge is -2.29. The molecule has 170 valence electrons. The lowest BCUT2D eigenvalue weighted by molar-refractivity contribution is 0.288. The fourth-order valence-electron chi connectivity index (χ4n) is 4.54. The van der Waals surface area contributed by atoms with Crippen molar-refractivity contribution in [1.82, 2.24) is 9.29 Å². The summed E-state index contributed by atoms with van der Waals surface area (Å²) in [4.78, 5) is 6.69. The largest absolute Gasteiger partial charge is 0.419 e. The SMILES string of the molecule is CC1CCN(S(=O)(=O)c2ccc(-c3nc(C#N)c(N4CCc5ccccc5C4)o3)cc2)CC1. The molecule has 0 atom stereocenters. The van der Waals surface area contributed by atoms with Gasteiger partial charge in [0.05, 0.1) is 4.90 Å². The molecular weight excluding hydrogens is 436 g/mol. The average molecular weight is 463 g/mol. The van der Waals surface area contributed by atoms with Gasteiger partial charge in [0, 0.05) is 31.7 Å². The predicted molar refractivity (Wildman–Crippen MR) is 125 cm³/mol. The molecule has 0 unspecified atom stereocenters. The van der Waals surface area contributed by atoms with Gasteiger partial charge in [-0.25, -0.2) is 8.42 Å². The molecule has 0 radical (unpaired) electrons. The van der Waals surface area contributed by atoms with E-state index < -0.39 is 10.0 Å². The fourth-order valence-corrected chi connectivity index (χ4v) is 6.01. The maximum Gasteiger partial charge on any atom is 0.243 e. The molecule has 0 aliphatic carbocycles. The van der Waals surface area contributed by atoms with Crippen LogP contribution >= 0.6 is 0 Å². The van der Waals surface area contributed by atoms with Crippen LogP contribution in [-0.2, 0) is 23.0 Å². The number of nitriles is 1. The highest BCUT2D eigenvalue weighted by Crippen LogP contribution is 2.32. The topological polar surface area (TPSA) is 90.4 Å². The molecule has 0 saturated carbocycles. The molecule has 0 bridgehead atoms. The molecule has 0 spiro atoms. The van der Waals surface area contributed by atoms with Crippen molar-refractivity contribution in [2.24, 2.45) is 5.92 Å². The van der Waals surface area contributed by atoms with E-state index in [9.17, 15) is 13.7 Å². The number of aromatic nitrogens is 1. The van der Waals surface area contributed by atoms with Crippen molar-refractivity contribution >= 4 is 15.9 Å². The van der Waals surface area contributed by atoms with Crippen LogP contribution in [0.1, 0.15) is 36.6 Å². The number of benzene rings is 2. The first-order valence-electron chi connectivity index (χ1n) is 11.3. The van der Waals surface area contributed by atoms with E-state index in [1.807, 2.05) is 17.0 Å². The summed E-state index contributed by atoms with van der Waals surface area (Å²) in [6.07, 6.45) is 2.64. The molecule has 3 aromatic rings. The Morgan fingerprint density at radius 1 is 1.03 bits per heavy atom. The first-order valence-corrected chi connectivity index (χ1v) is 12.7. The number of rotatable bonds is 4. The summed E-state index contributed by atoms with van der Waals surface area (Å²) in [5.74, 6) is 1.33. The van der Waals surface area contributed by atoms with E-state index in [0.29, 0.717) is 42.9 Å². The maximum absolute atomic E-state index is 13.0. The van der Waals surface area contributed by atoms with Gasteiger partial charge in [0.2, 0.25) is 27.5 Å². The van der Waals surface area contributed by atoms with Crippen molar-refractivity contribution < 1.29 is 12.8 Å². The summed E-state index contributed by atoms with van der Waals surface area (Å²) in [6.45, 7) is 4.66. The third kappa shape index (κ3) is 4.14. The summed E-state index contributed by atoms with van der Waals surface area (Å²) in [5.41, 5.74) is 3.41. The molecule has 0 amide bonds. The molecule has 7 nitrogen and oxygen atoms in total. The van der Waals surface area contributed by atoms with Gasteiger partial charge in [0.1, 0.15) is 6.07 Å². The zero-order valence-corrected chi connectivity index (χ0v) is 19.4. The van der Waals surface area contributed by atoms with E-state index >= 15 is 0 Å². The number of piperidine rings is 1. The van der Waals surface area contributed by atoms with Gasteiger partial charge in [0.25, 0.3) is 0 Å². The van der Waals surface area contributed by atoms with Gasteiger partial charge >= 0.3 is 0 Å². The molecular formula is C25H26N4O3S.